The molecule has 0 saturated carbocycles. The molecule has 5 rings (SSSR count). The Hall–Kier alpha value is -4.58. The van der Waals surface area contributed by atoms with E-state index in [0.29, 0.717) is 42.4 Å². The van der Waals surface area contributed by atoms with Crippen molar-refractivity contribution in [2.45, 2.75) is 24.7 Å². The number of amides is 1. The van der Waals surface area contributed by atoms with Crippen LogP contribution >= 0.6 is 11.8 Å². The number of aldehydes is 1. The molecule has 1 fully saturated rings. The third-order valence-electron chi connectivity index (χ3n) is 8.81. The zero-order valence-corrected chi connectivity index (χ0v) is 29.7. The van der Waals surface area contributed by atoms with Crippen molar-refractivity contribution in [2.75, 3.05) is 70.3 Å². The van der Waals surface area contributed by atoms with Crippen LogP contribution in [-0.2, 0) is 9.59 Å². The minimum Gasteiger partial charge on any atom is -0.398 e. The fraction of sp³-hybridized carbons (Fsp3) is 0.342. The lowest BCUT2D eigenvalue weighted by molar-refractivity contribution is -0.122. The summed E-state index contributed by atoms with van der Waals surface area (Å²) in [6.07, 6.45) is 8.50. The van der Waals surface area contributed by atoms with Crippen LogP contribution in [0, 0.1) is 11.3 Å². The number of benzene rings is 3. The Bertz CT molecular complexity index is 1680. The minimum atomic E-state index is -0.121. The van der Waals surface area contributed by atoms with Crippen LogP contribution in [0.2, 0.25) is 0 Å². The Kier molecular flexibility index (Phi) is 13.9. The molecule has 258 valence electrons. The van der Waals surface area contributed by atoms with Crippen LogP contribution in [0.15, 0.2) is 87.7 Å². The number of carbonyl (C=O) groups is 2. The number of anilines is 2. The lowest BCUT2D eigenvalue weighted by Gasteiger charge is -2.25. The zero-order chi connectivity index (χ0) is 35.3. The first-order valence-corrected chi connectivity index (χ1v) is 17.7. The van der Waals surface area contributed by atoms with Crippen LogP contribution in [0.4, 0.5) is 11.4 Å². The third-order valence-corrected chi connectivity index (χ3v) is 9.55. The molecular weight excluding hydrogens is 633 g/mol. The van der Waals surface area contributed by atoms with E-state index < -0.39 is 0 Å². The number of thioether (sulfide) groups is 1. The van der Waals surface area contributed by atoms with Crippen LogP contribution in [0.25, 0.3) is 5.57 Å². The summed E-state index contributed by atoms with van der Waals surface area (Å²) >= 11 is 1.65. The first-order chi connectivity index (χ1) is 23.7. The van der Waals surface area contributed by atoms with Crippen LogP contribution in [0.3, 0.4) is 0 Å². The van der Waals surface area contributed by atoms with Gasteiger partial charge in [0.25, 0.3) is 0 Å². The monoisotopic (exact) mass is 680 g/mol. The van der Waals surface area contributed by atoms with E-state index in [2.05, 4.69) is 40.1 Å². The summed E-state index contributed by atoms with van der Waals surface area (Å²) in [5, 5.41) is 8.65. The molecule has 1 saturated heterocycles. The maximum absolute atomic E-state index is 13.2. The van der Waals surface area contributed by atoms with Gasteiger partial charge < -0.3 is 26.1 Å². The summed E-state index contributed by atoms with van der Waals surface area (Å²) in [4.78, 5) is 39.0. The maximum Gasteiger partial charge on any atom is 0.231 e. The molecule has 2 aliphatic heterocycles. The number of likely N-dealkylation sites (N-methyl/N-ethyl adjacent to an activating group) is 1. The van der Waals surface area contributed by atoms with Gasteiger partial charge >= 0.3 is 0 Å². The number of nitrogens with one attached hydrogen (secondary N) is 1. The van der Waals surface area contributed by atoms with Gasteiger partial charge in [-0.2, -0.15) is 0 Å². The maximum atomic E-state index is 13.2. The highest BCUT2D eigenvalue weighted by Gasteiger charge is 2.31. The minimum absolute atomic E-state index is 0.0532. The quantitative estimate of drug-likeness (QED) is 0.0846. The molecule has 49 heavy (non-hydrogen) atoms. The molecule has 1 unspecified atom stereocenters. The number of hydrogen-bond acceptors (Lipinski definition) is 8. The van der Waals surface area contributed by atoms with E-state index in [0.717, 1.165) is 60.5 Å². The second kappa shape index (κ2) is 18.3. The van der Waals surface area contributed by atoms with Crippen molar-refractivity contribution >= 4 is 58.8 Å². The van der Waals surface area contributed by atoms with E-state index in [1.54, 1.807) is 29.8 Å². The predicted molar refractivity (Wildman–Crippen MR) is 205 cm³/mol. The van der Waals surface area contributed by atoms with Gasteiger partial charge in [0.1, 0.15) is 18.5 Å². The fourth-order valence-electron chi connectivity index (χ4n) is 5.92. The number of hydrogen-bond donors (Lipinski definition) is 3. The zero-order valence-electron chi connectivity index (χ0n) is 28.9. The largest absolute Gasteiger partial charge is 0.398 e. The molecule has 5 N–H and O–H groups in total. The highest BCUT2D eigenvalue weighted by molar-refractivity contribution is 7.98. The van der Waals surface area contributed by atoms with Gasteiger partial charge in [-0.05, 0) is 81.1 Å². The van der Waals surface area contributed by atoms with Crippen molar-refractivity contribution in [3.8, 4) is 0 Å². The van der Waals surface area contributed by atoms with Gasteiger partial charge in [-0.15, -0.1) is 11.8 Å². The van der Waals surface area contributed by atoms with Gasteiger partial charge in [0.15, 0.2) is 0 Å². The number of nitrogen functional groups attached to an aromatic ring is 1. The molecular formula is C38H48N8O2S. The Balaban J connectivity index is 0.000000244. The first kappa shape index (κ1) is 37.2. The Morgan fingerprint density at radius 1 is 1.08 bits per heavy atom. The molecule has 0 radical (unpaired) electrons. The molecule has 2 aliphatic rings. The summed E-state index contributed by atoms with van der Waals surface area (Å²) in [7, 11) is 3.81. The van der Waals surface area contributed by atoms with E-state index in [1.165, 1.54) is 17.5 Å². The fourth-order valence-corrected chi connectivity index (χ4v) is 6.32. The number of nitrogens with two attached hydrogens (primary N) is 2. The number of amidine groups is 1. The molecule has 10 nitrogen and oxygen atoms in total. The van der Waals surface area contributed by atoms with Crippen LogP contribution in [0.1, 0.15) is 42.0 Å². The smallest absolute Gasteiger partial charge is 0.231 e. The second-order valence-corrected chi connectivity index (χ2v) is 13.0. The van der Waals surface area contributed by atoms with Crippen molar-refractivity contribution < 1.29 is 9.59 Å². The van der Waals surface area contributed by atoms with Gasteiger partial charge in [0, 0.05) is 66.2 Å². The predicted octanol–water partition coefficient (Wildman–Crippen LogP) is 5.05. The van der Waals surface area contributed by atoms with Crippen LogP contribution < -0.4 is 16.4 Å². The van der Waals surface area contributed by atoms with Crippen molar-refractivity contribution in [3.05, 3.63) is 95.1 Å². The summed E-state index contributed by atoms with van der Waals surface area (Å²) in [6.45, 7) is 6.34. The normalized spacial score (nSPS) is 16.9. The van der Waals surface area contributed by atoms with Crippen molar-refractivity contribution in [2.24, 2.45) is 21.6 Å². The molecule has 2 heterocycles. The molecule has 0 aromatic heterocycles. The highest BCUT2D eigenvalue weighted by Crippen LogP contribution is 2.28. The molecule has 0 spiro atoms. The van der Waals surface area contributed by atoms with Gasteiger partial charge in [-0.1, -0.05) is 42.5 Å². The highest BCUT2D eigenvalue weighted by atomic mass is 32.2. The number of nitrogens with zero attached hydrogens (tertiary/aromatic N) is 5. The van der Waals surface area contributed by atoms with E-state index in [1.807, 2.05) is 66.6 Å². The number of likely N-dealkylation sites (tertiary alicyclic amines) is 1. The molecule has 0 bridgehead atoms. The molecule has 1 amide bonds. The van der Waals surface area contributed by atoms with Gasteiger partial charge in [-0.3, -0.25) is 20.1 Å². The van der Waals surface area contributed by atoms with E-state index >= 15 is 0 Å². The first-order valence-electron chi connectivity index (χ1n) is 16.5. The van der Waals surface area contributed by atoms with Gasteiger partial charge in [-0.25, -0.2) is 4.99 Å². The SMILES string of the molecule is CCN(C(=O)C1CCN(CC=O)C1)c1ccc(N)c(C(=N)c2ccc(SC)cc2)c1.CN=CN=C(N)c1ccc(C2=CCN(C)CC2)cc1. The molecule has 1 atom stereocenters. The average Bonchev–Trinajstić information content (AvgIpc) is 3.61. The van der Waals surface area contributed by atoms with Crippen LogP contribution in [0.5, 0.6) is 0 Å². The van der Waals surface area contributed by atoms with E-state index in [-0.39, 0.29) is 11.8 Å². The lowest BCUT2D eigenvalue weighted by atomic mass is 9.98. The number of aliphatic imine (C=N–C) groups is 2. The summed E-state index contributed by atoms with van der Waals surface area (Å²) in [5.74, 6) is 0.427. The van der Waals surface area contributed by atoms with Crippen molar-refractivity contribution in [1.29, 1.82) is 5.41 Å². The van der Waals surface area contributed by atoms with Crippen LogP contribution in [-0.4, -0.2) is 99.5 Å². The lowest BCUT2D eigenvalue weighted by Crippen LogP contribution is -2.37. The summed E-state index contributed by atoms with van der Waals surface area (Å²) in [5.41, 5.74) is 18.7. The summed E-state index contributed by atoms with van der Waals surface area (Å²) in [6, 6.07) is 21.5. The summed E-state index contributed by atoms with van der Waals surface area (Å²) < 4.78 is 0. The molecule has 3 aromatic carbocycles. The Labute approximate surface area is 294 Å². The number of carbonyl (C=O) groups excluding carboxylic acids is 2. The van der Waals surface area contributed by atoms with E-state index in [4.69, 9.17) is 16.9 Å². The van der Waals surface area contributed by atoms with Gasteiger partial charge in [0.2, 0.25) is 5.91 Å². The van der Waals surface area contributed by atoms with Crippen molar-refractivity contribution in [1.82, 2.24) is 9.80 Å². The third kappa shape index (κ3) is 9.97. The Morgan fingerprint density at radius 3 is 2.41 bits per heavy atom. The number of rotatable bonds is 11. The molecule has 3 aromatic rings. The second-order valence-electron chi connectivity index (χ2n) is 12.1. The standard InChI is InChI=1S/C23H28N4O2S.C15H20N4/c1-3-27(23(29)17-10-11-26(15-17)12-13-28)18-6-9-21(24)20(14-18)22(25)16-4-7-19(30-2)8-5-16;1-17-11-18-15(16)14-5-3-12(4-6-14)13-7-9-19(2)10-8-13/h4-9,13-14,17,25H,3,10-12,15,24H2,1-2H3;3-7,11H,8-10H2,1-2H3,(H2,16,17,18). The van der Waals surface area contributed by atoms with E-state index in [9.17, 15) is 9.59 Å². The topological polar surface area (TPSA) is 144 Å². The average molecular weight is 681 g/mol. The Morgan fingerprint density at radius 2 is 1.80 bits per heavy atom. The van der Waals surface area contributed by atoms with Gasteiger partial charge in [0.05, 0.1) is 18.2 Å². The molecule has 11 heteroatoms. The van der Waals surface area contributed by atoms with Crippen molar-refractivity contribution in [3.63, 3.8) is 0 Å². The molecule has 0 aliphatic carbocycles.